The van der Waals surface area contributed by atoms with Crippen molar-refractivity contribution in [3.63, 3.8) is 0 Å². The topological polar surface area (TPSA) is 33.5 Å². The minimum Gasteiger partial charge on any atom is -0.509 e. The minimum atomic E-state index is -0.366. The molecule has 0 unspecified atom stereocenters. The van der Waals surface area contributed by atoms with Crippen molar-refractivity contribution in [2.75, 3.05) is 9.80 Å². The maximum atomic E-state index is 6.73. The average Bonchev–Trinajstić information content (AvgIpc) is 3.93. The number of hydrogen-bond donors (Lipinski definition) is 0. The molecule has 7 aromatic carbocycles. The molecule has 0 aliphatic carbocycles. The van der Waals surface area contributed by atoms with Crippen molar-refractivity contribution in [3.8, 4) is 28.4 Å². The Morgan fingerprint density at radius 2 is 1.18 bits per heavy atom. The maximum absolute atomic E-state index is 6.73. The summed E-state index contributed by atoms with van der Waals surface area (Å²) in [6, 6.07) is 69.3. The fourth-order valence-electron chi connectivity index (χ4n) is 9.08. The van der Waals surface area contributed by atoms with E-state index in [4.69, 9.17) is 9.72 Å². The molecule has 0 radical (unpaired) electrons. The number of fused-ring (bicyclic) bond motifs is 3. The van der Waals surface area contributed by atoms with E-state index in [0.717, 1.165) is 44.7 Å². The predicted molar refractivity (Wildman–Crippen MR) is 269 cm³/mol. The van der Waals surface area contributed by atoms with E-state index in [1.165, 1.54) is 33.4 Å². The molecule has 6 heteroatoms. The Morgan fingerprint density at radius 1 is 0.530 bits per heavy atom. The van der Waals surface area contributed by atoms with Crippen molar-refractivity contribution >= 4 is 33.2 Å². The van der Waals surface area contributed by atoms with Crippen molar-refractivity contribution in [2.45, 2.75) is 64.7 Å². The van der Waals surface area contributed by atoms with Gasteiger partial charge in [-0.2, -0.15) is 12.1 Å². The molecule has 0 saturated carbocycles. The molecule has 0 amide bonds. The normalized spacial score (nSPS) is 13.2. The van der Waals surface area contributed by atoms with Crippen LogP contribution in [0.5, 0.6) is 11.5 Å². The van der Waals surface area contributed by atoms with E-state index in [1.807, 2.05) is 24.4 Å². The van der Waals surface area contributed by atoms with E-state index in [2.05, 4.69) is 246 Å². The Balaban J connectivity index is 0.00000548. The van der Waals surface area contributed by atoms with E-state index >= 15 is 0 Å². The molecule has 1 aliphatic heterocycles. The number of ether oxygens (including phenoxy) is 1. The van der Waals surface area contributed by atoms with Crippen LogP contribution in [0.4, 0.5) is 11.4 Å². The second-order valence-electron chi connectivity index (χ2n) is 19.1. The molecule has 0 spiro atoms. The first-order valence-corrected chi connectivity index (χ1v) is 22.4. The first-order chi connectivity index (χ1) is 31.3. The second kappa shape index (κ2) is 17.6. The summed E-state index contributed by atoms with van der Waals surface area (Å²) in [4.78, 5) is 9.46. The van der Waals surface area contributed by atoms with Crippen LogP contribution in [0.1, 0.15) is 70.7 Å². The zero-order valence-electron chi connectivity index (χ0n) is 38.5. The van der Waals surface area contributed by atoms with Gasteiger partial charge in [-0.15, -0.1) is 48.1 Å². The third-order valence-corrected chi connectivity index (χ3v) is 13.1. The van der Waals surface area contributed by atoms with Crippen LogP contribution < -0.4 is 14.5 Å². The number of benzene rings is 7. The molecule has 1 aliphatic rings. The van der Waals surface area contributed by atoms with Gasteiger partial charge < -0.3 is 19.1 Å². The summed E-state index contributed by atoms with van der Waals surface area (Å²) in [6.07, 6.45) is 4.19. The Labute approximate surface area is 404 Å². The second-order valence-corrected chi connectivity index (χ2v) is 19.1. The van der Waals surface area contributed by atoms with Gasteiger partial charge >= 0.3 is 0 Å². The van der Waals surface area contributed by atoms with E-state index in [1.54, 1.807) is 0 Å². The third-order valence-electron chi connectivity index (χ3n) is 13.1. The van der Waals surface area contributed by atoms with Crippen LogP contribution in [-0.4, -0.2) is 9.55 Å². The van der Waals surface area contributed by atoms with Gasteiger partial charge in [0, 0.05) is 66.5 Å². The number of allylic oxidation sites excluding steroid dienone is 1. The van der Waals surface area contributed by atoms with E-state index in [0.29, 0.717) is 11.5 Å². The van der Waals surface area contributed by atoms with Crippen LogP contribution in [0.25, 0.3) is 38.8 Å². The third kappa shape index (κ3) is 8.38. The quantitative estimate of drug-likeness (QED) is 0.128. The van der Waals surface area contributed by atoms with Crippen molar-refractivity contribution < 1.29 is 25.8 Å². The fourth-order valence-corrected chi connectivity index (χ4v) is 9.08. The van der Waals surface area contributed by atoms with Gasteiger partial charge in [0.1, 0.15) is 5.82 Å². The molecule has 2 aromatic heterocycles. The Morgan fingerprint density at radius 3 is 1.89 bits per heavy atom. The standard InChI is InChI=1S/C60H53N4O.Pt/c1-58(2,3)47-34-43(42-20-11-8-12-21-42)35-49(36-47)62-40-56(60(6,7)45-24-15-10-16-25-45)63(41-62)48-26-19-27-50(38-48)65-51-30-31-53-52-28-17-18-29-54(52)64(55(53)39-51)57-37-46(32-33-61-57)59(4,5)44-22-13-9-14-23-44;/h8-37,40-41H,1-7H3;/q-3;. The average molecular weight is 1040 g/mol. The molecule has 0 N–H and O–H groups in total. The molecule has 0 bridgehead atoms. The van der Waals surface area contributed by atoms with Gasteiger partial charge in [-0.05, 0) is 80.7 Å². The number of rotatable bonds is 10. The van der Waals surface area contributed by atoms with Crippen LogP contribution in [0.3, 0.4) is 0 Å². The zero-order valence-corrected chi connectivity index (χ0v) is 40.8. The first-order valence-electron chi connectivity index (χ1n) is 22.4. The van der Waals surface area contributed by atoms with E-state index in [9.17, 15) is 0 Å². The smallest absolute Gasteiger partial charge is 0.135 e. The Bertz CT molecular complexity index is 3200. The molecule has 66 heavy (non-hydrogen) atoms. The van der Waals surface area contributed by atoms with Gasteiger partial charge in [-0.25, -0.2) is 4.98 Å². The van der Waals surface area contributed by atoms with Crippen LogP contribution in [-0.2, 0) is 37.3 Å². The molecule has 0 saturated heterocycles. The van der Waals surface area contributed by atoms with Crippen LogP contribution in [0.2, 0.25) is 0 Å². The van der Waals surface area contributed by atoms with Gasteiger partial charge in [-0.3, -0.25) is 0 Å². The maximum Gasteiger partial charge on any atom is 0.135 e. The van der Waals surface area contributed by atoms with Gasteiger partial charge in [0.05, 0.1) is 0 Å². The molecule has 0 atom stereocenters. The van der Waals surface area contributed by atoms with Crippen molar-refractivity contribution in [1.82, 2.24) is 9.55 Å². The summed E-state index contributed by atoms with van der Waals surface area (Å²) in [6.45, 7) is 18.1. The molecule has 10 rings (SSSR count). The first kappa shape index (κ1) is 44.5. The van der Waals surface area contributed by atoms with Gasteiger partial charge in [-0.1, -0.05) is 169 Å². The molecular formula is C60H53N4OPt-3. The summed E-state index contributed by atoms with van der Waals surface area (Å²) in [5.41, 5.74) is 11.7. The fraction of sp³-hybridized carbons (Fsp3) is 0.167. The minimum absolute atomic E-state index is 0. The van der Waals surface area contributed by atoms with Crippen molar-refractivity contribution in [2.24, 2.45) is 0 Å². The molecule has 9 aromatic rings. The van der Waals surface area contributed by atoms with E-state index in [-0.39, 0.29) is 37.3 Å². The predicted octanol–water partition coefficient (Wildman–Crippen LogP) is 15.1. The van der Waals surface area contributed by atoms with Crippen LogP contribution in [0.15, 0.2) is 194 Å². The number of anilines is 2. The molecular weight excluding hydrogens is 988 g/mol. The van der Waals surface area contributed by atoms with Gasteiger partial charge in [0.25, 0.3) is 0 Å². The number of para-hydroxylation sites is 1. The summed E-state index contributed by atoms with van der Waals surface area (Å²) in [7, 11) is 0. The van der Waals surface area contributed by atoms with E-state index < -0.39 is 0 Å². The zero-order chi connectivity index (χ0) is 44.9. The summed E-state index contributed by atoms with van der Waals surface area (Å²) < 4.78 is 8.93. The van der Waals surface area contributed by atoms with Gasteiger partial charge in [0.2, 0.25) is 0 Å². The number of aromatic nitrogens is 2. The Kier molecular flexibility index (Phi) is 11.9. The van der Waals surface area contributed by atoms with Crippen molar-refractivity contribution in [1.29, 1.82) is 0 Å². The van der Waals surface area contributed by atoms with Crippen LogP contribution in [0, 0.1) is 18.8 Å². The molecule has 3 heterocycles. The Hall–Kier alpha value is -6.68. The number of hydrogen-bond acceptors (Lipinski definition) is 4. The molecule has 0 fully saturated rings. The monoisotopic (exact) mass is 1040 g/mol. The van der Waals surface area contributed by atoms with Crippen molar-refractivity contribution in [3.05, 3.63) is 235 Å². The molecule has 332 valence electrons. The largest absolute Gasteiger partial charge is 0.509 e. The van der Waals surface area contributed by atoms with Crippen LogP contribution >= 0.6 is 0 Å². The van der Waals surface area contributed by atoms with Gasteiger partial charge in [0.15, 0.2) is 0 Å². The summed E-state index contributed by atoms with van der Waals surface area (Å²) >= 11 is 0. The molecule has 5 nitrogen and oxygen atoms in total. The number of pyridine rings is 1. The summed E-state index contributed by atoms with van der Waals surface area (Å²) in [5, 5.41) is 2.21. The SMILES string of the molecule is CC(C)(C)c1cc(-c2ccccc2)cc(N2C=C(C(C)(C)c3ccccc3)N(c3[c-]c(Oc4[c-]c5c(cc4)c4ccccc4n5-c4cc(C(C)(C)c5ccccc5)ccn4)ccc3)[CH-]2)c1.[Pt]. The number of nitrogens with zero attached hydrogens (tertiary/aromatic N) is 4. The summed E-state index contributed by atoms with van der Waals surface area (Å²) in [5.74, 6) is 2.02.